The third kappa shape index (κ3) is 3.01. The average Bonchev–Trinajstić information content (AvgIpc) is 2.32. The minimum absolute atomic E-state index is 0.340. The Morgan fingerprint density at radius 1 is 1.25 bits per heavy atom. The summed E-state index contributed by atoms with van der Waals surface area (Å²) in [6, 6.07) is -0.340. The zero-order valence-electron chi connectivity index (χ0n) is 7.19. The SMILES string of the molecule is CC(CC(F)(F)F)N1CCCC1. The molecule has 0 spiro atoms. The van der Waals surface area contributed by atoms with Gasteiger partial charge in [-0.1, -0.05) is 0 Å². The van der Waals surface area contributed by atoms with Crippen LogP contribution in [0, 0.1) is 0 Å². The molecule has 1 aliphatic heterocycles. The maximum atomic E-state index is 11.9. The van der Waals surface area contributed by atoms with E-state index in [1.54, 1.807) is 6.92 Å². The van der Waals surface area contributed by atoms with Crippen molar-refractivity contribution in [3.63, 3.8) is 0 Å². The number of rotatable bonds is 2. The second-order valence-corrected chi connectivity index (χ2v) is 3.41. The average molecular weight is 181 g/mol. The Kier molecular flexibility index (Phi) is 2.99. The van der Waals surface area contributed by atoms with E-state index in [1.807, 2.05) is 4.90 Å². The highest BCUT2D eigenvalue weighted by Crippen LogP contribution is 2.25. The molecule has 1 aliphatic rings. The van der Waals surface area contributed by atoms with Crippen molar-refractivity contribution in [1.82, 2.24) is 4.90 Å². The van der Waals surface area contributed by atoms with Gasteiger partial charge in [-0.2, -0.15) is 13.2 Å². The van der Waals surface area contributed by atoms with Crippen LogP contribution in [-0.2, 0) is 0 Å². The maximum absolute atomic E-state index is 11.9. The molecular formula is C8H14F3N. The molecule has 1 unspecified atom stereocenters. The van der Waals surface area contributed by atoms with Crippen LogP contribution in [0.3, 0.4) is 0 Å². The van der Waals surface area contributed by atoms with Crippen LogP contribution in [0.15, 0.2) is 0 Å². The van der Waals surface area contributed by atoms with Gasteiger partial charge in [0.2, 0.25) is 0 Å². The molecule has 0 aromatic heterocycles. The van der Waals surface area contributed by atoms with Gasteiger partial charge in [-0.3, -0.25) is 0 Å². The number of alkyl halides is 3. The van der Waals surface area contributed by atoms with Crippen LogP contribution in [0.25, 0.3) is 0 Å². The fourth-order valence-electron chi connectivity index (χ4n) is 1.65. The Morgan fingerprint density at radius 2 is 1.75 bits per heavy atom. The van der Waals surface area contributed by atoms with Crippen LogP contribution in [0.4, 0.5) is 13.2 Å². The number of halogens is 3. The quantitative estimate of drug-likeness (QED) is 0.632. The number of hydrogen-bond acceptors (Lipinski definition) is 1. The summed E-state index contributed by atoms with van der Waals surface area (Å²) in [5.74, 6) is 0. The normalized spacial score (nSPS) is 23.0. The summed E-state index contributed by atoms with van der Waals surface area (Å²) in [6.07, 6.45) is -2.60. The molecule has 0 aromatic carbocycles. The molecular weight excluding hydrogens is 167 g/mol. The number of nitrogens with zero attached hydrogens (tertiary/aromatic N) is 1. The van der Waals surface area contributed by atoms with Gasteiger partial charge >= 0.3 is 6.18 Å². The summed E-state index contributed by atoms with van der Waals surface area (Å²) < 4.78 is 35.8. The maximum Gasteiger partial charge on any atom is 0.390 e. The Labute approximate surface area is 70.5 Å². The molecule has 1 rings (SSSR count). The Hall–Kier alpha value is -0.250. The van der Waals surface area contributed by atoms with E-state index in [2.05, 4.69) is 0 Å². The molecule has 0 bridgehead atoms. The van der Waals surface area contributed by atoms with Crippen LogP contribution in [0.2, 0.25) is 0 Å². The predicted molar refractivity (Wildman–Crippen MR) is 40.9 cm³/mol. The summed E-state index contributed by atoms with van der Waals surface area (Å²) in [7, 11) is 0. The van der Waals surface area contributed by atoms with Gasteiger partial charge in [0.1, 0.15) is 0 Å². The van der Waals surface area contributed by atoms with Gasteiger partial charge in [-0.25, -0.2) is 0 Å². The fourth-order valence-corrected chi connectivity index (χ4v) is 1.65. The van der Waals surface area contributed by atoms with E-state index in [4.69, 9.17) is 0 Å². The summed E-state index contributed by atoms with van der Waals surface area (Å²) in [5, 5.41) is 0. The fraction of sp³-hybridized carbons (Fsp3) is 1.00. The van der Waals surface area contributed by atoms with Crippen LogP contribution in [-0.4, -0.2) is 30.2 Å². The molecule has 72 valence electrons. The van der Waals surface area contributed by atoms with Crippen LogP contribution < -0.4 is 0 Å². The zero-order chi connectivity index (χ0) is 9.19. The van der Waals surface area contributed by atoms with Crippen molar-refractivity contribution in [2.75, 3.05) is 13.1 Å². The van der Waals surface area contributed by atoms with Crippen molar-refractivity contribution < 1.29 is 13.2 Å². The first kappa shape index (κ1) is 9.84. The molecule has 12 heavy (non-hydrogen) atoms. The Bertz CT molecular complexity index is 138. The Morgan fingerprint density at radius 3 is 2.17 bits per heavy atom. The molecule has 4 heteroatoms. The molecule has 1 saturated heterocycles. The predicted octanol–water partition coefficient (Wildman–Crippen LogP) is 2.42. The van der Waals surface area contributed by atoms with Crippen molar-refractivity contribution in [2.45, 2.75) is 38.4 Å². The van der Waals surface area contributed by atoms with E-state index in [0.29, 0.717) is 0 Å². The van der Waals surface area contributed by atoms with Gasteiger partial charge in [-0.15, -0.1) is 0 Å². The van der Waals surface area contributed by atoms with Crippen LogP contribution in [0.5, 0.6) is 0 Å². The Balaban J connectivity index is 2.31. The first-order chi connectivity index (χ1) is 5.49. The molecule has 0 saturated carbocycles. The van der Waals surface area contributed by atoms with Gasteiger partial charge in [0.05, 0.1) is 6.42 Å². The standard InChI is InChI=1S/C8H14F3N/c1-7(6-8(9,10)11)12-4-2-3-5-12/h7H,2-6H2,1H3. The lowest BCUT2D eigenvalue weighted by Gasteiger charge is -2.24. The number of hydrogen-bond donors (Lipinski definition) is 0. The number of likely N-dealkylation sites (tertiary alicyclic amines) is 1. The second-order valence-electron chi connectivity index (χ2n) is 3.41. The first-order valence-corrected chi connectivity index (χ1v) is 4.30. The van der Waals surface area contributed by atoms with E-state index in [-0.39, 0.29) is 6.04 Å². The molecule has 0 amide bonds. The topological polar surface area (TPSA) is 3.24 Å². The summed E-state index contributed by atoms with van der Waals surface area (Å²) in [5.41, 5.74) is 0. The second kappa shape index (κ2) is 3.64. The van der Waals surface area contributed by atoms with Crippen molar-refractivity contribution >= 4 is 0 Å². The van der Waals surface area contributed by atoms with Crippen molar-refractivity contribution in [1.29, 1.82) is 0 Å². The highest BCUT2D eigenvalue weighted by atomic mass is 19.4. The molecule has 0 aliphatic carbocycles. The lowest BCUT2D eigenvalue weighted by Crippen LogP contribution is -2.34. The zero-order valence-corrected chi connectivity index (χ0v) is 7.19. The van der Waals surface area contributed by atoms with Crippen molar-refractivity contribution in [3.8, 4) is 0 Å². The molecule has 1 fully saturated rings. The minimum atomic E-state index is -4.01. The van der Waals surface area contributed by atoms with Gasteiger partial charge in [-0.05, 0) is 32.9 Å². The molecule has 1 nitrogen and oxygen atoms in total. The molecule has 0 N–H and O–H groups in total. The van der Waals surface area contributed by atoms with E-state index >= 15 is 0 Å². The third-order valence-corrected chi connectivity index (χ3v) is 2.29. The minimum Gasteiger partial charge on any atom is -0.300 e. The highest BCUT2D eigenvalue weighted by molar-refractivity contribution is 4.74. The summed E-state index contributed by atoms with van der Waals surface area (Å²) in [4.78, 5) is 1.91. The monoisotopic (exact) mass is 181 g/mol. The van der Waals surface area contributed by atoms with Crippen LogP contribution in [0.1, 0.15) is 26.2 Å². The van der Waals surface area contributed by atoms with Crippen molar-refractivity contribution in [2.24, 2.45) is 0 Å². The highest BCUT2D eigenvalue weighted by Gasteiger charge is 2.32. The van der Waals surface area contributed by atoms with Gasteiger partial charge < -0.3 is 4.90 Å². The lowest BCUT2D eigenvalue weighted by atomic mass is 10.2. The molecule has 1 heterocycles. The van der Waals surface area contributed by atoms with E-state index in [0.717, 1.165) is 25.9 Å². The van der Waals surface area contributed by atoms with Gasteiger partial charge in [0, 0.05) is 6.04 Å². The van der Waals surface area contributed by atoms with Crippen LogP contribution >= 0.6 is 0 Å². The molecule has 1 atom stereocenters. The van der Waals surface area contributed by atoms with E-state index in [1.165, 1.54) is 0 Å². The molecule has 0 aromatic rings. The van der Waals surface area contributed by atoms with E-state index in [9.17, 15) is 13.2 Å². The van der Waals surface area contributed by atoms with Gasteiger partial charge in [0.15, 0.2) is 0 Å². The van der Waals surface area contributed by atoms with Gasteiger partial charge in [0.25, 0.3) is 0 Å². The first-order valence-electron chi connectivity index (χ1n) is 4.30. The molecule has 0 radical (unpaired) electrons. The summed E-state index contributed by atoms with van der Waals surface area (Å²) in [6.45, 7) is 3.31. The largest absolute Gasteiger partial charge is 0.390 e. The third-order valence-electron chi connectivity index (χ3n) is 2.29. The lowest BCUT2D eigenvalue weighted by molar-refractivity contribution is -0.145. The van der Waals surface area contributed by atoms with E-state index < -0.39 is 12.6 Å². The smallest absolute Gasteiger partial charge is 0.300 e. The summed E-state index contributed by atoms with van der Waals surface area (Å²) >= 11 is 0. The van der Waals surface area contributed by atoms with Crippen molar-refractivity contribution in [3.05, 3.63) is 0 Å².